The molecule has 0 aliphatic carbocycles. The molecule has 0 spiro atoms. The summed E-state index contributed by atoms with van der Waals surface area (Å²) in [5.74, 6) is 0.0638. The largest absolute Gasteiger partial charge is 0.441 e. The van der Waals surface area contributed by atoms with Gasteiger partial charge in [0.25, 0.3) is 0 Å². The molecule has 6 heteroatoms. The van der Waals surface area contributed by atoms with Gasteiger partial charge >= 0.3 is 5.51 Å². The van der Waals surface area contributed by atoms with E-state index in [9.17, 15) is 13.2 Å². The number of fused-ring (bicyclic) bond motifs is 1. The average molecular weight is 304 g/mol. The Morgan fingerprint density at radius 3 is 2.80 bits per heavy atom. The van der Waals surface area contributed by atoms with Gasteiger partial charge < -0.3 is 10.2 Å². The first-order valence-electron chi connectivity index (χ1n) is 6.76. The van der Waals surface area contributed by atoms with E-state index in [-0.39, 0.29) is 17.5 Å². The van der Waals surface area contributed by atoms with E-state index in [0.29, 0.717) is 12.6 Å². The van der Waals surface area contributed by atoms with Crippen molar-refractivity contribution in [3.63, 3.8) is 0 Å². The van der Waals surface area contributed by atoms with Crippen LogP contribution in [0.2, 0.25) is 0 Å². The van der Waals surface area contributed by atoms with Crippen LogP contribution in [0.5, 0.6) is 0 Å². The molecule has 1 aromatic rings. The SMILES string of the molecule is CCC1CN(CCSC(F)(F)F)c2ccccc2CN1. The summed E-state index contributed by atoms with van der Waals surface area (Å²) in [6.45, 7) is 4.04. The first kappa shape index (κ1) is 15.5. The Hall–Kier alpha value is -0.880. The van der Waals surface area contributed by atoms with Crippen LogP contribution in [0.4, 0.5) is 18.9 Å². The number of para-hydroxylation sites is 1. The van der Waals surface area contributed by atoms with Crippen LogP contribution >= 0.6 is 11.8 Å². The number of thioether (sulfide) groups is 1. The Balaban J connectivity index is 2.07. The van der Waals surface area contributed by atoms with Gasteiger partial charge in [0.1, 0.15) is 0 Å². The van der Waals surface area contributed by atoms with Crippen molar-refractivity contribution >= 4 is 17.4 Å². The quantitative estimate of drug-likeness (QED) is 0.914. The van der Waals surface area contributed by atoms with Crippen LogP contribution in [0.25, 0.3) is 0 Å². The van der Waals surface area contributed by atoms with Crippen LogP contribution in [0.15, 0.2) is 24.3 Å². The van der Waals surface area contributed by atoms with Crippen molar-refractivity contribution in [2.45, 2.75) is 31.4 Å². The van der Waals surface area contributed by atoms with Crippen molar-refractivity contribution in [1.29, 1.82) is 0 Å². The fraction of sp³-hybridized carbons (Fsp3) is 0.571. The minimum atomic E-state index is -4.15. The number of benzene rings is 1. The van der Waals surface area contributed by atoms with Crippen molar-refractivity contribution < 1.29 is 13.2 Å². The van der Waals surface area contributed by atoms with Gasteiger partial charge in [-0.3, -0.25) is 0 Å². The maximum atomic E-state index is 12.3. The maximum absolute atomic E-state index is 12.3. The molecule has 0 amide bonds. The molecule has 0 bridgehead atoms. The zero-order valence-corrected chi connectivity index (χ0v) is 12.2. The first-order chi connectivity index (χ1) is 9.49. The Kier molecular flexibility index (Phi) is 5.21. The molecule has 1 heterocycles. The van der Waals surface area contributed by atoms with Crippen LogP contribution in [0.1, 0.15) is 18.9 Å². The summed E-state index contributed by atoms with van der Waals surface area (Å²) in [4.78, 5) is 2.07. The third-order valence-electron chi connectivity index (χ3n) is 3.47. The van der Waals surface area contributed by atoms with E-state index in [1.54, 1.807) is 0 Å². The molecule has 1 aliphatic rings. The third-order valence-corrected chi connectivity index (χ3v) is 4.19. The second kappa shape index (κ2) is 6.72. The normalized spacial score (nSPS) is 19.6. The van der Waals surface area contributed by atoms with Crippen molar-refractivity contribution in [3.05, 3.63) is 29.8 Å². The fourth-order valence-corrected chi connectivity index (χ4v) is 2.95. The average Bonchev–Trinajstić information content (AvgIpc) is 2.57. The molecule has 2 nitrogen and oxygen atoms in total. The summed E-state index contributed by atoms with van der Waals surface area (Å²) in [6.07, 6.45) is 0.969. The maximum Gasteiger partial charge on any atom is 0.441 e. The van der Waals surface area contributed by atoms with Crippen molar-refractivity contribution in [3.8, 4) is 0 Å². The lowest BCUT2D eigenvalue weighted by Crippen LogP contribution is -2.38. The summed E-state index contributed by atoms with van der Waals surface area (Å²) in [7, 11) is 0. The van der Waals surface area contributed by atoms with Gasteiger partial charge in [0.15, 0.2) is 0 Å². The number of alkyl halides is 3. The summed E-state index contributed by atoms with van der Waals surface area (Å²) in [5, 5.41) is 3.45. The van der Waals surface area contributed by atoms with Crippen molar-refractivity contribution in [1.82, 2.24) is 5.32 Å². The third kappa shape index (κ3) is 4.31. The van der Waals surface area contributed by atoms with Gasteiger partial charge in [-0.25, -0.2) is 0 Å². The summed E-state index contributed by atoms with van der Waals surface area (Å²) < 4.78 is 36.8. The number of anilines is 1. The highest BCUT2D eigenvalue weighted by atomic mass is 32.2. The molecule has 1 N–H and O–H groups in total. The monoisotopic (exact) mass is 304 g/mol. The van der Waals surface area contributed by atoms with Gasteiger partial charge in [0, 0.05) is 37.1 Å². The van der Waals surface area contributed by atoms with Gasteiger partial charge in [0.2, 0.25) is 0 Å². The van der Waals surface area contributed by atoms with Crippen LogP contribution in [0, 0.1) is 0 Å². The van der Waals surface area contributed by atoms with Crippen molar-refractivity contribution in [2.75, 3.05) is 23.7 Å². The molecule has 0 radical (unpaired) electrons. The molecule has 2 rings (SSSR count). The number of nitrogens with one attached hydrogen (secondary N) is 1. The van der Waals surface area contributed by atoms with E-state index in [0.717, 1.165) is 30.8 Å². The van der Waals surface area contributed by atoms with E-state index in [2.05, 4.69) is 17.1 Å². The Morgan fingerprint density at radius 2 is 2.10 bits per heavy atom. The molecule has 1 aliphatic heterocycles. The molecule has 1 aromatic carbocycles. The van der Waals surface area contributed by atoms with Gasteiger partial charge in [-0.2, -0.15) is 13.2 Å². The van der Waals surface area contributed by atoms with Gasteiger partial charge in [-0.15, -0.1) is 0 Å². The standard InChI is InChI=1S/C14H19F3N2S/c1-2-12-10-19(7-8-20-14(15,16)17)13-6-4-3-5-11(13)9-18-12/h3-6,12,18H,2,7-10H2,1H3. The second-order valence-electron chi connectivity index (χ2n) is 4.86. The first-order valence-corrected chi connectivity index (χ1v) is 7.75. The minimum absolute atomic E-state index is 0.0554. The number of rotatable bonds is 4. The zero-order chi connectivity index (χ0) is 14.6. The van der Waals surface area contributed by atoms with Gasteiger partial charge in [0.05, 0.1) is 0 Å². The topological polar surface area (TPSA) is 15.3 Å². The van der Waals surface area contributed by atoms with E-state index >= 15 is 0 Å². The van der Waals surface area contributed by atoms with Crippen LogP contribution < -0.4 is 10.2 Å². The van der Waals surface area contributed by atoms with Gasteiger partial charge in [-0.1, -0.05) is 25.1 Å². The molecule has 20 heavy (non-hydrogen) atoms. The van der Waals surface area contributed by atoms with E-state index in [4.69, 9.17) is 0 Å². The number of halogens is 3. The van der Waals surface area contributed by atoms with Crippen LogP contribution in [-0.4, -0.2) is 30.4 Å². The highest BCUT2D eigenvalue weighted by Crippen LogP contribution is 2.31. The lowest BCUT2D eigenvalue weighted by molar-refractivity contribution is -0.0327. The Bertz CT molecular complexity index is 437. The Morgan fingerprint density at radius 1 is 1.35 bits per heavy atom. The molecule has 0 aromatic heterocycles. The number of hydrogen-bond donors (Lipinski definition) is 1. The van der Waals surface area contributed by atoms with E-state index in [1.165, 1.54) is 0 Å². The second-order valence-corrected chi connectivity index (χ2v) is 6.01. The molecular formula is C14H19F3N2S. The molecule has 0 fully saturated rings. The fourth-order valence-electron chi connectivity index (χ4n) is 2.41. The Labute approximate surface area is 121 Å². The molecular weight excluding hydrogens is 285 g/mol. The lowest BCUT2D eigenvalue weighted by atomic mass is 10.1. The number of hydrogen-bond acceptors (Lipinski definition) is 3. The van der Waals surface area contributed by atoms with Crippen LogP contribution in [-0.2, 0) is 6.54 Å². The highest BCUT2D eigenvalue weighted by Gasteiger charge is 2.28. The molecule has 1 atom stereocenters. The zero-order valence-electron chi connectivity index (χ0n) is 11.4. The van der Waals surface area contributed by atoms with Crippen molar-refractivity contribution in [2.24, 2.45) is 0 Å². The molecule has 112 valence electrons. The van der Waals surface area contributed by atoms with Gasteiger partial charge in [-0.05, 0) is 29.8 Å². The van der Waals surface area contributed by atoms with E-state index < -0.39 is 5.51 Å². The highest BCUT2D eigenvalue weighted by molar-refractivity contribution is 8.00. The minimum Gasteiger partial charge on any atom is -0.369 e. The smallest absolute Gasteiger partial charge is 0.369 e. The molecule has 0 saturated heterocycles. The van der Waals surface area contributed by atoms with Crippen LogP contribution in [0.3, 0.4) is 0 Å². The van der Waals surface area contributed by atoms with E-state index in [1.807, 2.05) is 24.3 Å². The number of nitrogens with zero attached hydrogens (tertiary/aromatic N) is 1. The predicted molar refractivity (Wildman–Crippen MR) is 78.1 cm³/mol. The predicted octanol–water partition coefficient (Wildman–Crippen LogP) is 3.63. The lowest BCUT2D eigenvalue weighted by Gasteiger charge is -2.27. The molecule has 0 saturated carbocycles. The summed E-state index contributed by atoms with van der Waals surface area (Å²) in [6, 6.07) is 8.25. The summed E-state index contributed by atoms with van der Waals surface area (Å²) in [5.41, 5.74) is -1.94. The molecule has 1 unspecified atom stereocenters. The summed E-state index contributed by atoms with van der Waals surface area (Å²) >= 11 is 0.0554.